The molecule has 3 rings (SSSR count). The molecule has 2 heterocycles. The number of aliphatic imine (C=N–C) groups is 1. The van der Waals surface area contributed by atoms with Crippen LogP contribution < -0.4 is 4.74 Å². The molecular formula is C12H7ClN2O. The highest BCUT2D eigenvalue weighted by Crippen LogP contribution is 2.35. The molecule has 3 nitrogen and oxygen atoms in total. The molecule has 0 saturated heterocycles. The molecule has 0 unspecified atom stereocenters. The molecule has 0 fully saturated rings. The molecule has 0 radical (unpaired) electrons. The van der Waals surface area contributed by atoms with Crippen LogP contribution in [0.25, 0.3) is 0 Å². The van der Waals surface area contributed by atoms with E-state index in [2.05, 4.69) is 9.98 Å². The number of hydrogen-bond acceptors (Lipinski definition) is 3. The number of ether oxygens (including phenoxy) is 1. The number of para-hydroxylation sites is 1. The Bertz CT molecular complexity index is 581. The van der Waals surface area contributed by atoms with Crippen LogP contribution in [-0.4, -0.2) is 10.2 Å². The Morgan fingerprint density at radius 2 is 1.94 bits per heavy atom. The van der Waals surface area contributed by atoms with Gasteiger partial charge >= 0.3 is 0 Å². The average molecular weight is 231 g/mol. The summed E-state index contributed by atoms with van der Waals surface area (Å²) in [6, 6.07) is 11.1. The van der Waals surface area contributed by atoms with E-state index in [1.54, 1.807) is 12.3 Å². The van der Waals surface area contributed by atoms with E-state index in [0.717, 1.165) is 5.56 Å². The average Bonchev–Trinajstić information content (AvgIpc) is 2.45. The Kier molecular flexibility index (Phi) is 2.11. The molecule has 1 aromatic carbocycles. The molecule has 0 bridgehead atoms. The maximum Gasteiger partial charge on any atom is 0.245 e. The van der Waals surface area contributed by atoms with Crippen LogP contribution in [0.2, 0.25) is 0 Å². The first kappa shape index (κ1) is 9.36. The van der Waals surface area contributed by atoms with Gasteiger partial charge in [0.2, 0.25) is 5.88 Å². The first-order valence-electron chi connectivity index (χ1n) is 4.81. The summed E-state index contributed by atoms with van der Waals surface area (Å²) in [7, 11) is 0. The second kappa shape index (κ2) is 3.61. The minimum atomic E-state index is 0.419. The van der Waals surface area contributed by atoms with Gasteiger partial charge in [0.15, 0.2) is 0 Å². The highest BCUT2D eigenvalue weighted by molar-refractivity contribution is 6.70. The molecule has 0 saturated carbocycles. The number of aromatic nitrogens is 1. The zero-order chi connectivity index (χ0) is 11.0. The Morgan fingerprint density at radius 1 is 1.06 bits per heavy atom. The summed E-state index contributed by atoms with van der Waals surface area (Å²) in [5, 5.41) is 0.419. The third-order valence-corrected chi connectivity index (χ3v) is 2.57. The van der Waals surface area contributed by atoms with E-state index in [4.69, 9.17) is 16.3 Å². The lowest BCUT2D eigenvalue weighted by atomic mass is 10.2. The molecule has 1 aliphatic heterocycles. The Morgan fingerprint density at radius 3 is 2.88 bits per heavy atom. The third-order valence-electron chi connectivity index (χ3n) is 2.29. The second-order valence-corrected chi connectivity index (χ2v) is 3.69. The molecule has 0 atom stereocenters. The highest BCUT2D eigenvalue weighted by atomic mass is 35.5. The number of pyridine rings is 1. The predicted octanol–water partition coefficient (Wildman–Crippen LogP) is 3.50. The maximum atomic E-state index is 6.12. The molecule has 1 aliphatic rings. The smallest absolute Gasteiger partial charge is 0.245 e. The zero-order valence-corrected chi connectivity index (χ0v) is 8.98. The zero-order valence-electron chi connectivity index (χ0n) is 8.22. The van der Waals surface area contributed by atoms with Crippen molar-refractivity contribution in [1.29, 1.82) is 0 Å². The van der Waals surface area contributed by atoms with Gasteiger partial charge in [-0.2, -0.15) is 0 Å². The van der Waals surface area contributed by atoms with Crippen molar-refractivity contribution in [2.45, 2.75) is 0 Å². The summed E-state index contributed by atoms with van der Waals surface area (Å²) in [5.74, 6) is 1.15. The maximum absolute atomic E-state index is 6.12. The molecule has 78 valence electrons. The Hall–Kier alpha value is -1.87. The van der Waals surface area contributed by atoms with Crippen LogP contribution >= 0.6 is 11.6 Å². The molecule has 1 aromatic heterocycles. The summed E-state index contributed by atoms with van der Waals surface area (Å²) >= 11 is 6.12. The van der Waals surface area contributed by atoms with Crippen LogP contribution in [0.3, 0.4) is 0 Å². The van der Waals surface area contributed by atoms with E-state index in [0.29, 0.717) is 22.5 Å². The standard InChI is InChI=1S/C12H7ClN2O/c13-11-8-4-1-2-6-10(8)16-12-9(15-11)5-3-7-14-12/h1-7H. The van der Waals surface area contributed by atoms with Gasteiger partial charge in [0.1, 0.15) is 16.6 Å². The number of benzene rings is 1. The van der Waals surface area contributed by atoms with Gasteiger partial charge in [-0.05, 0) is 24.3 Å². The number of nitrogens with zero attached hydrogens (tertiary/aromatic N) is 2. The van der Waals surface area contributed by atoms with Crippen molar-refractivity contribution in [2.24, 2.45) is 4.99 Å². The van der Waals surface area contributed by atoms with Crippen molar-refractivity contribution < 1.29 is 4.74 Å². The summed E-state index contributed by atoms with van der Waals surface area (Å²) < 4.78 is 5.66. The van der Waals surface area contributed by atoms with Crippen molar-refractivity contribution in [1.82, 2.24) is 4.98 Å². The van der Waals surface area contributed by atoms with Crippen molar-refractivity contribution >= 4 is 22.5 Å². The van der Waals surface area contributed by atoms with E-state index >= 15 is 0 Å². The minimum Gasteiger partial charge on any atom is -0.436 e. The lowest BCUT2D eigenvalue weighted by Gasteiger charge is -2.05. The van der Waals surface area contributed by atoms with Gasteiger partial charge in [-0.15, -0.1) is 0 Å². The Labute approximate surface area is 97.4 Å². The largest absolute Gasteiger partial charge is 0.436 e. The molecule has 4 heteroatoms. The van der Waals surface area contributed by atoms with Crippen LogP contribution in [-0.2, 0) is 0 Å². The van der Waals surface area contributed by atoms with Crippen molar-refractivity contribution in [3.8, 4) is 11.6 Å². The number of halogens is 1. The van der Waals surface area contributed by atoms with Crippen LogP contribution in [0.1, 0.15) is 5.56 Å². The van der Waals surface area contributed by atoms with Gasteiger partial charge in [0.05, 0.1) is 5.56 Å². The van der Waals surface area contributed by atoms with E-state index in [1.807, 2.05) is 30.3 Å². The molecule has 0 amide bonds. The minimum absolute atomic E-state index is 0.419. The molecular weight excluding hydrogens is 224 g/mol. The van der Waals surface area contributed by atoms with Gasteiger partial charge in [0.25, 0.3) is 0 Å². The molecule has 16 heavy (non-hydrogen) atoms. The lowest BCUT2D eigenvalue weighted by Crippen LogP contribution is -1.92. The normalized spacial score (nSPS) is 12.9. The highest BCUT2D eigenvalue weighted by Gasteiger charge is 2.16. The van der Waals surface area contributed by atoms with Gasteiger partial charge < -0.3 is 4.74 Å². The summed E-state index contributed by atoms with van der Waals surface area (Å²) in [4.78, 5) is 8.40. The topological polar surface area (TPSA) is 34.5 Å². The van der Waals surface area contributed by atoms with Crippen LogP contribution in [0.4, 0.5) is 5.69 Å². The summed E-state index contributed by atoms with van der Waals surface area (Å²) in [6.07, 6.45) is 1.66. The van der Waals surface area contributed by atoms with E-state index < -0.39 is 0 Å². The first-order valence-corrected chi connectivity index (χ1v) is 5.19. The van der Waals surface area contributed by atoms with Gasteiger partial charge in [-0.3, -0.25) is 0 Å². The monoisotopic (exact) mass is 230 g/mol. The fourth-order valence-electron chi connectivity index (χ4n) is 1.54. The lowest BCUT2D eigenvalue weighted by molar-refractivity contribution is 0.465. The van der Waals surface area contributed by atoms with Crippen LogP contribution in [0, 0.1) is 0 Å². The van der Waals surface area contributed by atoms with Crippen molar-refractivity contribution in [3.05, 3.63) is 48.2 Å². The van der Waals surface area contributed by atoms with E-state index in [9.17, 15) is 0 Å². The SMILES string of the molecule is ClC1=Nc2cccnc2Oc2ccccc21. The number of rotatable bonds is 0. The fourth-order valence-corrected chi connectivity index (χ4v) is 1.79. The van der Waals surface area contributed by atoms with Crippen molar-refractivity contribution in [2.75, 3.05) is 0 Å². The van der Waals surface area contributed by atoms with E-state index in [-0.39, 0.29) is 0 Å². The van der Waals surface area contributed by atoms with Crippen LogP contribution in [0.5, 0.6) is 11.6 Å². The van der Waals surface area contributed by atoms with Gasteiger partial charge in [-0.1, -0.05) is 23.7 Å². The molecule has 0 N–H and O–H groups in total. The summed E-state index contributed by atoms with van der Waals surface area (Å²) in [5.41, 5.74) is 1.42. The number of hydrogen-bond donors (Lipinski definition) is 0. The third kappa shape index (κ3) is 1.46. The summed E-state index contributed by atoms with van der Waals surface area (Å²) in [6.45, 7) is 0. The quantitative estimate of drug-likeness (QED) is 0.694. The van der Waals surface area contributed by atoms with Gasteiger partial charge in [-0.25, -0.2) is 9.98 Å². The van der Waals surface area contributed by atoms with Crippen LogP contribution in [0.15, 0.2) is 47.6 Å². The van der Waals surface area contributed by atoms with Crippen molar-refractivity contribution in [3.63, 3.8) is 0 Å². The first-order chi connectivity index (χ1) is 7.84. The number of fused-ring (bicyclic) bond motifs is 2. The fraction of sp³-hybridized carbons (Fsp3) is 0. The molecule has 0 aliphatic carbocycles. The second-order valence-electron chi connectivity index (χ2n) is 3.33. The predicted molar refractivity (Wildman–Crippen MR) is 62.8 cm³/mol. The van der Waals surface area contributed by atoms with Gasteiger partial charge in [0, 0.05) is 6.20 Å². The molecule has 0 spiro atoms. The molecule has 2 aromatic rings. The van der Waals surface area contributed by atoms with E-state index in [1.165, 1.54) is 0 Å². The Balaban J connectivity index is 2.25.